The van der Waals surface area contributed by atoms with Gasteiger partial charge in [0.15, 0.2) is 11.2 Å². The highest BCUT2D eigenvalue weighted by Crippen LogP contribution is 2.48. The lowest BCUT2D eigenvalue weighted by Gasteiger charge is -2.46. The molecule has 0 amide bonds. The number of benzene rings is 1. The number of fused-ring (bicyclic) bond motifs is 2. The average Bonchev–Trinajstić information content (AvgIpc) is 2.80. The van der Waals surface area contributed by atoms with Crippen molar-refractivity contribution in [2.75, 3.05) is 7.05 Å². The van der Waals surface area contributed by atoms with E-state index in [1.165, 1.54) is 0 Å². The zero-order valence-corrected chi connectivity index (χ0v) is 13.5. The van der Waals surface area contributed by atoms with Gasteiger partial charge in [0.25, 0.3) is 0 Å². The number of aryl methyl sites for hydroxylation is 1. The van der Waals surface area contributed by atoms with E-state index >= 15 is 0 Å². The number of rotatable bonds is 4. The van der Waals surface area contributed by atoms with E-state index in [0.29, 0.717) is 18.4 Å². The van der Waals surface area contributed by atoms with E-state index in [9.17, 15) is 19.8 Å². The van der Waals surface area contributed by atoms with Crippen LogP contribution in [0.15, 0.2) is 24.3 Å². The molecule has 124 valence electrons. The molecule has 2 saturated heterocycles. The molecular weight excluding hydrogens is 294 g/mol. The SMILES string of the molecule is CCc1ccc(C(=O)[C@]2(C(=O)O)[C@@H](O)C[C@@H]3CC[C@H]2N3C)cc1. The lowest BCUT2D eigenvalue weighted by atomic mass is 9.67. The highest BCUT2D eigenvalue weighted by molar-refractivity contribution is 6.13. The first kappa shape index (κ1) is 16.1. The minimum absolute atomic E-state index is 0.165. The Hall–Kier alpha value is -1.72. The second-order valence-electron chi connectivity index (χ2n) is 6.72. The predicted octanol–water partition coefficient (Wildman–Crippen LogP) is 1.73. The number of carboxylic acids is 1. The van der Waals surface area contributed by atoms with Crippen LogP contribution in [0, 0.1) is 5.41 Å². The molecule has 4 atom stereocenters. The zero-order chi connectivity index (χ0) is 16.8. The fraction of sp³-hybridized carbons (Fsp3) is 0.556. The van der Waals surface area contributed by atoms with Crippen LogP contribution in [-0.4, -0.2) is 52.1 Å². The number of carboxylic acid groups (broad SMARTS) is 1. The van der Waals surface area contributed by atoms with E-state index in [1.54, 1.807) is 12.1 Å². The quantitative estimate of drug-likeness (QED) is 0.653. The van der Waals surface area contributed by atoms with Crippen LogP contribution in [0.1, 0.15) is 42.1 Å². The van der Waals surface area contributed by atoms with Gasteiger partial charge in [0.05, 0.1) is 6.10 Å². The molecule has 23 heavy (non-hydrogen) atoms. The Bertz CT molecular complexity index is 626. The molecule has 2 bridgehead atoms. The summed E-state index contributed by atoms with van der Waals surface area (Å²) >= 11 is 0. The molecule has 2 aliphatic rings. The standard InChI is InChI=1S/C18H23NO4/c1-3-11-4-6-12(7-5-11)16(21)18(17(22)23)14-9-8-13(19(14)2)10-15(18)20/h4-7,13-15,20H,3,8-10H2,1-2H3,(H,22,23)/t13-,14+,15-,18+/m0/s1. The number of carbonyl (C=O) groups is 2. The third-order valence-corrected chi connectivity index (χ3v) is 5.74. The van der Waals surface area contributed by atoms with Gasteiger partial charge in [0.2, 0.25) is 0 Å². The van der Waals surface area contributed by atoms with Crippen LogP contribution in [-0.2, 0) is 11.2 Å². The zero-order valence-electron chi connectivity index (χ0n) is 13.5. The lowest BCUT2D eigenvalue weighted by Crippen LogP contribution is -2.64. The Kier molecular flexibility index (Phi) is 4.02. The predicted molar refractivity (Wildman–Crippen MR) is 85.4 cm³/mol. The Morgan fingerprint density at radius 3 is 2.48 bits per heavy atom. The fourth-order valence-corrected chi connectivity index (χ4v) is 4.33. The van der Waals surface area contributed by atoms with Crippen molar-refractivity contribution in [1.82, 2.24) is 4.90 Å². The third kappa shape index (κ3) is 2.22. The number of aliphatic carboxylic acids is 1. The van der Waals surface area contributed by atoms with Gasteiger partial charge in [0.1, 0.15) is 0 Å². The number of aliphatic hydroxyl groups is 1. The average molecular weight is 317 g/mol. The molecule has 2 fully saturated rings. The van der Waals surface area contributed by atoms with Crippen LogP contribution in [0.5, 0.6) is 0 Å². The van der Waals surface area contributed by atoms with Crippen LogP contribution in [0.3, 0.4) is 0 Å². The normalized spacial score (nSPS) is 33.6. The molecule has 2 N–H and O–H groups in total. The molecule has 3 rings (SSSR count). The minimum Gasteiger partial charge on any atom is -0.480 e. The highest BCUT2D eigenvalue weighted by Gasteiger charge is 2.64. The van der Waals surface area contributed by atoms with E-state index in [4.69, 9.17) is 0 Å². The number of ketones is 1. The number of Topliss-reactive ketones (excluding diaryl/α,β-unsaturated/α-hetero) is 1. The molecule has 0 aromatic heterocycles. The number of carbonyl (C=O) groups excluding carboxylic acids is 1. The van der Waals surface area contributed by atoms with E-state index in [2.05, 4.69) is 0 Å². The smallest absolute Gasteiger partial charge is 0.321 e. The summed E-state index contributed by atoms with van der Waals surface area (Å²) in [5.41, 5.74) is -0.314. The maximum Gasteiger partial charge on any atom is 0.321 e. The number of hydrogen-bond donors (Lipinski definition) is 2. The van der Waals surface area contributed by atoms with Gasteiger partial charge in [-0.1, -0.05) is 31.2 Å². The van der Waals surface area contributed by atoms with Crippen molar-refractivity contribution in [1.29, 1.82) is 0 Å². The maximum atomic E-state index is 13.1. The van der Waals surface area contributed by atoms with Crippen molar-refractivity contribution in [3.8, 4) is 0 Å². The molecule has 2 heterocycles. The number of piperidine rings is 1. The lowest BCUT2D eigenvalue weighted by molar-refractivity contribution is -0.161. The van der Waals surface area contributed by atoms with E-state index in [1.807, 2.05) is 31.0 Å². The molecule has 0 saturated carbocycles. The van der Waals surface area contributed by atoms with E-state index in [-0.39, 0.29) is 6.04 Å². The summed E-state index contributed by atoms with van der Waals surface area (Å²) in [5.74, 6) is -1.69. The summed E-state index contributed by atoms with van der Waals surface area (Å²) in [6, 6.07) is 6.77. The maximum absolute atomic E-state index is 13.1. The molecule has 0 unspecified atom stereocenters. The highest BCUT2D eigenvalue weighted by atomic mass is 16.4. The van der Waals surface area contributed by atoms with Crippen molar-refractivity contribution in [3.05, 3.63) is 35.4 Å². The molecule has 0 spiro atoms. The fourth-order valence-electron chi connectivity index (χ4n) is 4.33. The van der Waals surface area contributed by atoms with Crippen LogP contribution in [0.25, 0.3) is 0 Å². The van der Waals surface area contributed by atoms with Crippen LogP contribution in [0.2, 0.25) is 0 Å². The second-order valence-corrected chi connectivity index (χ2v) is 6.72. The van der Waals surface area contributed by atoms with Crippen molar-refractivity contribution < 1.29 is 19.8 Å². The number of hydrogen-bond acceptors (Lipinski definition) is 4. The first-order valence-corrected chi connectivity index (χ1v) is 8.20. The Balaban J connectivity index is 2.06. The molecule has 5 nitrogen and oxygen atoms in total. The molecule has 0 radical (unpaired) electrons. The van der Waals surface area contributed by atoms with Crippen LogP contribution < -0.4 is 0 Å². The van der Waals surface area contributed by atoms with Crippen molar-refractivity contribution in [2.45, 2.75) is 50.8 Å². The molecular formula is C18H23NO4. The van der Waals surface area contributed by atoms with Gasteiger partial charge in [-0.25, -0.2) is 0 Å². The van der Waals surface area contributed by atoms with Gasteiger partial charge >= 0.3 is 5.97 Å². The Morgan fingerprint density at radius 2 is 1.91 bits per heavy atom. The van der Waals surface area contributed by atoms with Crippen molar-refractivity contribution in [3.63, 3.8) is 0 Å². The summed E-state index contributed by atoms with van der Waals surface area (Å²) in [6.45, 7) is 2.02. The van der Waals surface area contributed by atoms with Crippen LogP contribution in [0.4, 0.5) is 0 Å². The largest absolute Gasteiger partial charge is 0.480 e. The van der Waals surface area contributed by atoms with Gasteiger partial charge < -0.3 is 10.2 Å². The molecule has 5 heteroatoms. The first-order chi connectivity index (χ1) is 10.9. The summed E-state index contributed by atoms with van der Waals surface area (Å²) in [6.07, 6.45) is 1.50. The van der Waals surface area contributed by atoms with Crippen molar-refractivity contribution >= 4 is 11.8 Å². The summed E-state index contributed by atoms with van der Waals surface area (Å²) in [4.78, 5) is 27.3. The van der Waals surface area contributed by atoms with Gasteiger partial charge in [-0.2, -0.15) is 0 Å². The number of nitrogens with zero attached hydrogens (tertiary/aromatic N) is 1. The van der Waals surface area contributed by atoms with E-state index in [0.717, 1.165) is 18.4 Å². The van der Waals surface area contributed by atoms with Crippen LogP contribution >= 0.6 is 0 Å². The third-order valence-electron chi connectivity index (χ3n) is 5.74. The summed E-state index contributed by atoms with van der Waals surface area (Å²) < 4.78 is 0. The molecule has 0 aliphatic carbocycles. The molecule has 1 aromatic carbocycles. The number of aliphatic hydroxyl groups excluding tert-OH is 1. The molecule has 1 aromatic rings. The monoisotopic (exact) mass is 317 g/mol. The topological polar surface area (TPSA) is 77.8 Å². The Morgan fingerprint density at radius 1 is 1.26 bits per heavy atom. The summed E-state index contributed by atoms with van der Waals surface area (Å²) in [5, 5.41) is 20.5. The first-order valence-electron chi connectivity index (χ1n) is 8.20. The second kappa shape index (κ2) is 5.73. The Labute approximate surface area is 135 Å². The minimum atomic E-state index is -1.77. The van der Waals surface area contributed by atoms with Gasteiger partial charge in [-0.05, 0) is 38.3 Å². The van der Waals surface area contributed by atoms with Crippen molar-refractivity contribution in [2.24, 2.45) is 5.41 Å². The molecule has 2 aliphatic heterocycles. The van der Waals surface area contributed by atoms with Gasteiger partial charge in [0, 0.05) is 17.6 Å². The van der Waals surface area contributed by atoms with Gasteiger partial charge in [-0.15, -0.1) is 0 Å². The summed E-state index contributed by atoms with van der Waals surface area (Å²) in [7, 11) is 1.86. The van der Waals surface area contributed by atoms with E-state index < -0.39 is 29.3 Å². The van der Waals surface area contributed by atoms with Gasteiger partial charge in [-0.3, -0.25) is 14.5 Å².